The van der Waals surface area contributed by atoms with Crippen LogP contribution in [0.1, 0.15) is 11.1 Å². The topological polar surface area (TPSA) is 45.9 Å². The lowest BCUT2D eigenvalue weighted by Gasteiger charge is -2.03. The molecule has 0 saturated carbocycles. The van der Waals surface area contributed by atoms with Crippen LogP contribution in [0, 0.1) is 12.3 Å². The summed E-state index contributed by atoms with van der Waals surface area (Å²) in [7, 11) is 0. The molecule has 2 heterocycles. The highest BCUT2D eigenvalue weighted by Crippen LogP contribution is 2.29. The van der Waals surface area contributed by atoms with Gasteiger partial charge in [0, 0.05) is 16.7 Å². The standard InChI is InChI=1S/C13H10N2O/c1-8-6-7-11-9-4-2-3-5-10(9)12(14)15(11)13(8)16/h2-7,14H,1H3. The van der Waals surface area contributed by atoms with Crippen LogP contribution in [-0.4, -0.2) is 10.4 Å². The molecule has 0 atom stereocenters. The largest absolute Gasteiger partial charge is 0.283 e. The number of aryl methyl sites for hydroxylation is 1. The molecule has 3 heteroatoms. The van der Waals surface area contributed by atoms with Gasteiger partial charge in [0.2, 0.25) is 0 Å². The first-order chi connectivity index (χ1) is 7.70. The minimum Gasteiger partial charge on any atom is -0.283 e. The van der Waals surface area contributed by atoms with E-state index < -0.39 is 0 Å². The molecule has 2 aromatic rings. The molecule has 0 amide bonds. The van der Waals surface area contributed by atoms with Gasteiger partial charge in [-0.1, -0.05) is 30.3 Å². The number of hydrogen-bond acceptors (Lipinski definition) is 2. The Morgan fingerprint density at radius 1 is 1.06 bits per heavy atom. The number of nitrogens with zero attached hydrogens (tertiary/aromatic N) is 1. The third-order valence-corrected chi connectivity index (χ3v) is 2.95. The molecular weight excluding hydrogens is 200 g/mol. The van der Waals surface area contributed by atoms with Crippen molar-refractivity contribution in [1.82, 2.24) is 4.57 Å². The van der Waals surface area contributed by atoms with Crippen molar-refractivity contribution in [3.05, 3.63) is 57.9 Å². The third-order valence-electron chi connectivity index (χ3n) is 2.95. The molecule has 78 valence electrons. The summed E-state index contributed by atoms with van der Waals surface area (Å²) >= 11 is 0. The maximum Gasteiger partial charge on any atom is 0.259 e. The van der Waals surface area contributed by atoms with E-state index in [1.807, 2.05) is 36.4 Å². The quantitative estimate of drug-likeness (QED) is 0.606. The normalized spacial score (nSPS) is 12.4. The molecule has 0 radical (unpaired) electrons. The zero-order valence-electron chi connectivity index (χ0n) is 8.82. The van der Waals surface area contributed by atoms with E-state index in [-0.39, 0.29) is 11.4 Å². The van der Waals surface area contributed by atoms with Gasteiger partial charge in [-0.25, -0.2) is 0 Å². The molecular formula is C13H10N2O. The van der Waals surface area contributed by atoms with Crippen LogP contribution in [-0.2, 0) is 0 Å². The molecule has 0 fully saturated rings. The average molecular weight is 210 g/mol. The number of aromatic nitrogens is 1. The van der Waals surface area contributed by atoms with Crippen LogP contribution in [0.2, 0.25) is 0 Å². The van der Waals surface area contributed by atoms with Crippen molar-refractivity contribution in [2.45, 2.75) is 6.92 Å². The maximum absolute atomic E-state index is 12.0. The summed E-state index contributed by atoms with van der Waals surface area (Å²) in [6.07, 6.45) is 0. The maximum atomic E-state index is 12.0. The third kappa shape index (κ3) is 0.972. The SMILES string of the molecule is Cc1ccc2n(c1=O)C(=N)c1ccccc1-2. The van der Waals surface area contributed by atoms with Crippen molar-refractivity contribution in [1.29, 1.82) is 5.41 Å². The predicted octanol–water partition coefficient (Wildman–Crippen LogP) is 2.01. The summed E-state index contributed by atoms with van der Waals surface area (Å²) in [5.74, 6) is 0.277. The van der Waals surface area contributed by atoms with E-state index in [1.165, 1.54) is 4.57 Å². The molecule has 0 unspecified atom stereocenters. The lowest BCUT2D eigenvalue weighted by molar-refractivity contribution is 1.05. The van der Waals surface area contributed by atoms with Crippen LogP contribution in [0.4, 0.5) is 0 Å². The van der Waals surface area contributed by atoms with E-state index in [1.54, 1.807) is 6.92 Å². The minimum absolute atomic E-state index is 0.0984. The summed E-state index contributed by atoms with van der Waals surface area (Å²) in [5, 5.41) is 8.01. The molecule has 0 aliphatic carbocycles. The smallest absolute Gasteiger partial charge is 0.259 e. The average Bonchev–Trinajstić information content (AvgIpc) is 2.59. The van der Waals surface area contributed by atoms with Gasteiger partial charge in [0.25, 0.3) is 5.56 Å². The highest BCUT2D eigenvalue weighted by Gasteiger charge is 2.23. The van der Waals surface area contributed by atoms with Gasteiger partial charge in [-0.2, -0.15) is 0 Å². The Kier molecular flexibility index (Phi) is 1.66. The summed E-state index contributed by atoms with van der Waals surface area (Å²) in [4.78, 5) is 12.0. The van der Waals surface area contributed by atoms with Crippen molar-refractivity contribution in [3.8, 4) is 11.3 Å². The van der Waals surface area contributed by atoms with E-state index in [4.69, 9.17) is 5.41 Å². The second-order valence-electron chi connectivity index (χ2n) is 3.94. The van der Waals surface area contributed by atoms with Crippen LogP contribution in [0.25, 0.3) is 11.3 Å². The van der Waals surface area contributed by atoms with Crippen LogP contribution in [0.15, 0.2) is 41.2 Å². The highest BCUT2D eigenvalue weighted by atomic mass is 16.1. The molecule has 3 rings (SSSR count). The Balaban J connectivity index is 2.46. The van der Waals surface area contributed by atoms with E-state index in [0.29, 0.717) is 5.56 Å². The minimum atomic E-state index is -0.0984. The first kappa shape index (κ1) is 9.09. The Hall–Kier alpha value is -2.16. The first-order valence-corrected chi connectivity index (χ1v) is 5.11. The molecule has 1 aliphatic heterocycles. The van der Waals surface area contributed by atoms with Gasteiger partial charge >= 0.3 is 0 Å². The number of pyridine rings is 1. The fourth-order valence-corrected chi connectivity index (χ4v) is 2.10. The van der Waals surface area contributed by atoms with Gasteiger partial charge in [0.15, 0.2) is 0 Å². The zero-order valence-corrected chi connectivity index (χ0v) is 8.82. The molecule has 3 nitrogen and oxygen atoms in total. The van der Waals surface area contributed by atoms with Crippen molar-refractivity contribution >= 4 is 5.84 Å². The molecule has 1 aromatic carbocycles. The number of rotatable bonds is 0. The molecule has 0 saturated heterocycles. The van der Waals surface area contributed by atoms with Gasteiger partial charge in [-0.3, -0.25) is 14.8 Å². The monoisotopic (exact) mass is 210 g/mol. The van der Waals surface area contributed by atoms with Crippen molar-refractivity contribution in [2.24, 2.45) is 0 Å². The van der Waals surface area contributed by atoms with E-state index in [9.17, 15) is 4.79 Å². The van der Waals surface area contributed by atoms with E-state index in [0.717, 1.165) is 16.8 Å². The lowest BCUT2D eigenvalue weighted by atomic mass is 10.1. The van der Waals surface area contributed by atoms with Crippen molar-refractivity contribution in [2.75, 3.05) is 0 Å². The molecule has 1 N–H and O–H groups in total. The number of nitrogens with one attached hydrogen (secondary N) is 1. The highest BCUT2D eigenvalue weighted by molar-refractivity contribution is 6.10. The van der Waals surface area contributed by atoms with Gasteiger partial charge in [-0.05, 0) is 13.0 Å². The van der Waals surface area contributed by atoms with Crippen LogP contribution < -0.4 is 5.56 Å². The predicted molar refractivity (Wildman–Crippen MR) is 63.1 cm³/mol. The zero-order chi connectivity index (χ0) is 11.3. The van der Waals surface area contributed by atoms with Crippen LogP contribution >= 0.6 is 0 Å². The van der Waals surface area contributed by atoms with Gasteiger partial charge in [0.05, 0.1) is 5.69 Å². The molecule has 16 heavy (non-hydrogen) atoms. The van der Waals surface area contributed by atoms with Gasteiger partial charge in [0.1, 0.15) is 5.84 Å². The van der Waals surface area contributed by atoms with Gasteiger partial charge in [-0.15, -0.1) is 0 Å². The Bertz CT molecular complexity index is 668. The Morgan fingerprint density at radius 2 is 1.75 bits per heavy atom. The summed E-state index contributed by atoms with van der Waals surface area (Å²) in [6.45, 7) is 1.77. The van der Waals surface area contributed by atoms with Crippen LogP contribution in [0.3, 0.4) is 0 Å². The molecule has 1 aliphatic rings. The second kappa shape index (κ2) is 2.92. The summed E-state index contributed by atoms with van der Waals surface area (Å²) in [5.41, 5.74) is 3.17. The second-order valence-corrected chi connectivity index (χ2v) is 3.94. The Labute approximate surface area is 92.5 Å². The van der Waals surface area contributed by atoms with E-state index >= 15 is 0 Å². The van der Waals surface area contributed by atoms with Crippen molar-refractivity contribution in [3.63, 3.8) is 0 Å². The Morgan fingerprint density at radius 3 is 2.50 bits per heavy atom. The molecule has 1 aromatic heterocycles. The lowest BCUT2D eigenvalue weighted by Crippen LogP contribution is -2.25. The number of hydrogen-bond donors (Lipinski definition) is 1. The molecule has 0 bridgehead atoms. The first-order valence-electron chi connectivity index (χ1n) is 5.11. The van der Waals surface area contributed by atoms with E-state index in [2.05, 4.69) is 0 Å². The number of fused-ring (bicyclic) bond motifs is 3. The summed E-state index contributed by atoms with van der Waals surface area (Å²) in [6, 6.07) is 11.3. The summed E-state index contributed by atoms with van der Waals surface area (Å²) < 4.78 is 1.47. The number of benzene rings is 1. The molecule has 0 spiro atoms. The fraction of sp³-hybridized carbons (Fsp3) is 0.0769. The van der Waals surface area contributed by atoms with Gasteiger partial charge < -0.3 is 0 Å². The van der Waals surface area contributed by atoms with Crippen LogP contribution in [0.5, 0.6) is 0 Å². The van der Waals surface area contributed by atoms with Crippen molar-refractivity contribution < 1.29 is 0 Å². The fourth-order valence-electron chi connectivity index (χ4n) is 2.10.